The average Bonchev–Trinajstić information content (AvgIpc) is 1.80. The molecule has 0 aromatic carbocycles. The van der Waals surface area contributed by atoms with Crippen LogP contribution in [0.1, 0.15) is 26.2 Å². The first-order valence-corrected chi connectivity index (χ1v) is 3.99. The SMILES string of the molecule is CCCC[C@@H](O)C(F)(Cl)Cl. The maximum absolute atomic E-state index is 12.4. The molecule has 1 N–H and O–H groups in total. The normalized spacial score (nSPS) is 15.3. The van der Waals surface area contributed by atoms with E-state index in [0.717, 1.165) is 12.8 Å². The van der Waals surface area contributed by atoms with Crippen molar-refractivity contribution in [1.29, 1.82) is 0 Å². The van der Waals surface area contributed by atoms with Crippen molar-refractivity contribution in [2.24, 2.45) is 0 Å². The second-order valence-electron chi connectivity index (χ2n) is 2.20. The van der Waals surface area contributed by atoms with Crippen LogP contribution in [0, 0.1) is 0 Å². The highest BCUT2D eigenvalue weighted by molar-refractivity contribution is 6.47. The van der Waals surface area contributed by atoms with Gasteiger partial charge in [-0.25, -0.2) is 4.39 Å². The van der Waals surface area contributed by atoms with E-state index in [0.29, 0.717) is 6.42 Å². The van der Waals surface area contributed by atoms with Crippen LogP contribution in [0.25, 0.3) is 0 Å². The molecule has 0 amide bonds. The van der Waals surface area contributed by atoms with Gasteiger partial charge in [-0.05, 0) is 6.42 Å². The highest BCUT2D eigenvalue weighted by Gasteiger charge is 2.32. The predicted molar refractivity (Wildman–Crippen MR) is 41.1 cm³/mol. The van der Waals surface area contributed by atoms with Crippen molar-refractivity contribution in [2.75, 3.05) is 0 Å². The van der Waals surface area contributed by atoms with Crippen LogP contribution in [0.2, 0.25) is 0 Å². The summed E-state index contributed by atoms with van der Waals surface area (Å²) >= 11 is 9.94. The van der Waals surface area contributed by atoms with Gasteiger partial charge in [0.1, 0.15) is 6.10 Å². The zero-order chi connectivity index (χ0) is 8.20. The van der Waals surface area contributed by atoms with Crippen LogP contribution in [0.4, 0.5) is 4.39 Å². The summed E-state index contributed by atoms with van der Waals surface area (Å²) < 4.78 is 9.90. The topological polar surface area (TPSA) is 20.2 Å². The van der Waals surface area contributed by atoms with Crippen molar-refractivity contribution in [2.45, 2.75) is 36.9 Å². The first kappa shape index (κ1) is 10.5. The van der Waals surface area contributed by atoms with Gasteiger partial charge in [0, 0.05) is 0 Å². The molecule has 0 heterocycles. The molecule has 0 spiro atoms. The number of aliphatic hydroxyl groups is 1. The molecule has 0 aliphatic carbocycles. The van der Waals surface area contributed by atoms with Crippen LogP contribution >= 0.6 is 23.2 Å². The highest BCUT2D eigenvalue weighted by Crippen LogP contribution is 2.29. The molecule has 0 unspecified atom stereocenters. The first-order chi connectivity index (χ1) is 4.48. The van der Waals surface area contributed by atoms with Gasteiger partial charge in [-0.1, -0.05) is 43.0 Å². The van der Waals surface area contributed by atoms with Crippen molar-refractivity contribution in [1.82, 2.24) is 0 Å². The molecule has 62 valence electrons. The van der Waals surface area contributed by atoms with Crippen molar-refractivity contribution < 1.29 is 9.50 Å². The monoisotopic (exact) mass is 188 g/mol. The van der Waals surface area contributed by atoms with Gasteiger partial charge in [0.2, 0.25) is 0 Å². The van der Waals surface area contributed by atoms with E-state index < -0.39 is 10.7 Å². The molecule has 1 nitrogen and oxygen atoms in total. The minimum absolute atomic E-state index is 0.306. The second-order valence-corrected chi connectivity index (χ2v) is 3.49. The lowest BCUT2D eigenvalue weighted by molar-refractivity contribution is 0.0877. The van der Waals surface area contributed by atoms with E-state index >= 15 is 0 Å². The van der Waals surface area contributed by atoms with E-state index in [2.05, 4.69) is 0 Å². The third kappa shape index (κ3) is 4.31. The number of unbranched alkanes of at least 4 members (excludes halogenated alkanes) is 1. The molecule has 0 saturated heterocycles. The van der Waals surface area contributed by atoms with Crippen LogP contribution in [-0.4, -0.2) is 15.8 Å². The first-order valence-electron chi connectivity index (χ1n) is 3.23. The number of hydrogen-bond donors (Lipinski definition) is 1. The molecular formula is C6H11Cl2FO. The Bertz CT molecular complexity index is 92.2. The number of alkyl halides is 3. The average molecular weight is 189 g/mol. The van der Waals surface area contributed by atoms with Gasteiger partial charge < -0.3 is 5.11 Å². The molecule has 0 aromatic rings. The Labute approximate surface area is 70.1 Å². The van der Waals surface area contributed by atoms with Crippen molar-refractivity contribution >= 4 is 23.2 Å². The maximum Gasteiger partial charge on any atom is 0.283 e. The Morgan fingerprint density at radius 3 is 2.40 bits per heavy atom. The van der Waals surface area contributed by atoms with E-state index in [1.165, 1.54) is 0 Å². The lowest BCUT2D eigenvalue weighted by Gasteiger charge is -2.16. The summed E-state index contributed by atoms with van der Waals surface area (Å²) in [6, 6.07) is 0. The predicted octanol–water partition coefficient (Wildman–Crippen LogP) is 2.64. The van der Waals surface area contributed by atoms with Crippen molar-refractivity contribution in [3.8, 4) is 0 Å². The Morgan fingerprint density at radius 1 is 1.60 bits per heavy atom. The number of rotatable bonds is 4. The molecule has 0 bridgehead atoms. The van der Waals surface area contributed by atoms with Gasteiger partial charge in [0.05, 0.1) is 0 Å². The summed E-state index contributed by atoms with van der Waals surface area (Å²) in [4.78, 5) is 0. The molecule has 0 aromatic heterocycles. The molecule has 1 atom stereocenters. The van der Waals surface area contributed by atoms with Gasteiger partial charge in [-0.15, -0.1) is 0 Å². The fraction of sp³-hybridized carbons (Fsp3) is 1.00. The third-order valence-electron chi connectivity index (χ3n) is 1.21. The second kappa shape index (κ2) is 4.37. The van der Waals surface area contributed by atoms with Crippen LogP contribution in [0.15, 0.2) is 0 Å². The van der Waals surface area contributed by atoms with Crippen molar-refractivity contribution in [3.63, 3.8) is 0 Å². The maximum atomic E-state index is 12.4. The fourth-order valence-electron chi connectivity index (χ4n) is 0.561. The zero-order valence-electron chi connectivity index (χ0n) is 5.78. The molecule has 0 rings (SSSR count). The molecule has 10 heavy (non-hydrogen) atoms. The Balaban J connectivity index is 3.52. The smallest absolute Gasteiger partial charge is 0.283 e. The molecular weight excluding hydrogens is 178 g/mol. The van der Waals surface area contributed by atoms with Crippen LogP contribution < -0.4 is 0 Å². The minimum Gasteiger partial charge on any atom is -0.387 e. The molecule has 0 radical (unpaired) electrons. The number of aliphatic hydroxyl groups excluding tert-OH is 1. The van der Waals surface area contributed by atoms with E-state index in [9.17, 15) is 4.39 Å². The van der Waals surface area contributed by atoms with Crippen molar-refractivity contribution in [3.05, 3.63) is 0 Å². The summed E-state index contributed by atoms with van der Waals surface area (Å²) in [5.41, 5.74) is 0. The minimum atomic E-state index is -2.49. The highest BCUT2D eigenvalue weighted by atomic mass is 35.5. The van der Waals surface area contributed by atoms with Gasteiger partial charge in [-0.2, -0.15) is 0 Å². The summed E-state index contributed by atoms with van der Waals surface area (Å²) in [7, 11) is 0. The van der Waals surface area contributed by atoms with Gasteiger partial charge in [0.25, 0.3) is 4.59 Å². The van der Waals surface area contributed by atoms with Crippen LogP contribution in [0.3, 0.4) is 0 Å². The van der Waals surface area contributed by atoms with E-state index in [-0.39, 0.29) is 0 Å². The Kier molecular flexibility index (Phi) is 4.57. The lowest BCUT2D eigenvalue weighted by Crippen LogP contribution is -2.25. The molecule has 0 aliphatic heterocycles. The largest absolute Gasteiger partial charge is 0.387 e. The summed E-state index contributed by atoms with van der Waals surface area (Å²) in [6.45, 7) is 1.94. The molecule has 0 saturated carbocycles. The number of hydrogen-bond acceptors (Lipinski definition) is 1. The standard InChI is InChI=1S/C6H11Cl2FO/c1-2-3-4-5(10)6(7,8)9/h5,10H,2-4H2,1H3/t5-/m1/s1. The van der Waals surface area contributed by atoms with Crippen LogP contribution in [0.5, 0.6) is 0 Å². The van der Waals surface area contributed by atoms with Gasteiger partial charge in [0.15, 0.2) is 0 Å². The van der Waals surface area contributed by atoms with E-state index in [4.69, 9.17) is 28.3 Å². The van der Waals surface area contributed by atoms with Crippen LogP contribution in [-0.2, 0) is 0 Å². The quantitative estimate of drug-likeness (QED) is 0.674. The molecule has 0 fully saturated rings. The third-order valence-corrected chi connectivity index (χ3v) is 1.71. The summed E-state index contributed by atoms with van der Waals surface area (Å²) in [5.74, 6) is 0. The molecule has 4 heteroatoms. The van der Waals surface area contributed by atoms with E-state index in [1.54, 1.807) is 0 Å². The zero-order valence-corrected chi connectivity index (χ0v) is 7.29. The van der Waals surface area contributed by atoms with Gasteiger partial charge >= 0.3 is 0 Å². The van der Waals surface area contributed by atoms with E-state index in [1.807, 2.05) is 6.92 Å². The lowest BCUT2D eigenvalue weighted by atomic mass is 10.2. The Morgan fingerprint density at radius 2 is 2.10 bits per heavy atom. The number of halogens is 3. The summed E-state index contributed by atoms with van der Waals surface area (Å²) in [5, 5.41) is 8.88. The summed E-state index contributed by atoms with van der Waals surface area (Å²) in [6.07, 6.45) is 0.656. The Hall–Kier alpha value is 0.470. The van der Waals surface area contributed by atoms with Gasteiger partial charge in [-0.3, -0.25) is 0 Å². The fourth-order valence-corrected chi connectivity index (χ4v) is 0.779. The molecule has 0 aliphatic rings.